The van der Waals surface area contributed by atoms with Gasteiger partial charge in [-0.3, -0.25) is 0 Å². The lowest BCUT2D eigenvalue weighted by Gasteiger charge is -2.00. The number of hydrogen-bond acceptors (Lipinski definition) is 4. The summed E-state index contributed by atoms with van der Waals surface area (Å²) in [6, 6.07) is 0. The van der Waals surface area contributed by atoms with Crippen LogP contribution in [0.3, 0.4) is 0 Å². The number of carboxylic acid groups (broad SMARTS) is 1. The van der Waals surface area contributed by atoms with Crippen molar-refractivity contribution in [3.63, 3.8) is 0 Å². The smallest absolute Gasteiger partial charge is 0.450 e. The van der Waals surface area contributed by atoms with Gasteiger partial charge in [0.1, 0.15) is 6.61 Å². The van der Waals surface area contributed by atoms with Crippen molar-refractivity contribution in [3.05, 3.63) is 15.8 Å². The predicted octanol–water partition coefficient (Wildman–Crippen LogP) is 2.26. The minimum absolute atomic E-state index is 0. The molecular weight excluding hydrogens is 214 g/mol. The number of halogens is 1. The first kappa shape index (κ1) is 12.1. The summed E-state index contributed by atoms with van der Waals surface area (Å²) in [5, 5.41) is 10.0. The molecule has 1 rings (SSSR count). The van der Waals surface area contributed by atoms with Crippen molar-refractivity contribution < 1.29 is 14.6 Å². The van der Waals surface area contributed by atoms with Gasteiger partial charge in [-0.15, -0.1) is 23.7 Å². The first-order valence-electron chi connectivity index (χ1n) is 3.29. The molecule has 3 N–H and O–H groups in total. The summed E-state index contributed by atoms with van der Waals surface area (Å²) in [5.41, 5.74) is 6.93. The Hall–Kier alpha value is -0.940. The van der Waals surface area contributed by atoms with E-state index in [4.69, 9.17) is 10.8 Å². The molecule has 0 spiro atoms. The van der Waals surface area contributed by atoms with Gasteiger partial charge in [0, 0.05) is 21.5 Å². The van der Waals surface area contributed by atoms with Crippen molar-refractivity contribution >= 4 is 35.6 Å². The number of hydrogen-bond donors (Lipinski definition) is 2. The topological polar surface area (TPSA) is 72.5 Å². The molecule has 0 bridgehead atoms. The van der Waals surface area contributed by atoms with Gasteiger partial charge in [0.15, 0.2) is 0 Å². The Morgan fingerprint density at radius 3 is 2.77 bits per heavy atom. The average Bonchev–Trinajstić information content (AvgIpc) is 2.28. The van der Waals surface area contributed by atoms with Crippen molar-refractivity contribution in [2.45, 2.75) is 13.5 Å². The number of thiophene rings is 1. The van der Waals surface area contributed by atoms with Crippen LogP contribution in [0.5, 0.6) is 0 Å². The molecule has 6 heteroatoms. The van der Waals surface area contributed by atoms with E-state index in [0.29, 0.717) is 5.69 Å². The first-order valence-corrected chi connectivity index (χ1v) is 4.17. The molecule has 0 aliphatic carbocycles. The zero-order chi connectivity index (χ0) is 9.14. The minimum Gasteiger partial charge on any atom is -0.450 e. The van der Waals surface area contributed by atoms with Gasteiger partial charge in [-0.05, 0) is 6.92 Å². The first-order chi connectivity index (χ1) is 5.61. The number of carbonyl (C=O) groups is 1. The van der Waals surface area contributed by atoms with Gasteiger partial charge in [0.25, 0.3) is 0 Å². The number of nitrogens with two attached hydrogens (primary N) is 1. The van der Waals surface area contributed by atoms with Crippen LogP contribution < -0.4 is 5.73 Å². The molecule has 0 aliphatic rings. The molecule has 0 unspecified atom stereocenters. The zero-order valence-corrected chi connectivity index (χ0v) is 8.58. The molecule has 0 amide bonds. The van der Waals surface area contributed by atoms with Gasteiger partial charge in [-0.1, -0.05) is 0 Å². The normalized spacial score (nSPS) is 9.00. The van der Waals surface area contributed by atoms with Crippen LogP contribution in [0, 0.1) is 6.92 Å². The quantitative estimate of drug-likeness (QED) is 0.755. The van der Waals surface area contributed by atoms with Crippen LogP contribution in [0.2, 0.25) is 0 Å². The third-order valence-electron chi connectivity index (χ3n) is 1.48. The van der Waals surface area contributed by atoms with E-state index in [1.807, 2.05) is 6.92 Å². The van der Waals surface area contributed by atoms with E-state index in [-0.39, 0.29) is 19.0 Å². The van der Waals surface area contributed by atoms with E-state index < -0.39 is 6.16 Å². The Morgan fingerprint density at radius 1 is 1.77 bits per heavy atom. The maximum atomic E-state index is 10.1. The van der Waals surface area contributed by atoms with Crippen LogP contribution in [0.15, 0.2) is 5.38 Å². The fourth-order valence-corrected chi connectivity index (χ4v) is 1.58. The Bertz CT molecular complexity index is 280. The molecule has 0 saturated heterocycles. The Kier molecular flexibility index (Phi) is 4.58. The summed E-state index contributed by atoms with van der Waals surface area (Å²) >= 11 is 1.48. The monoisotopic (exact) mass is 223 g/mol. The summed E-state index contributed by atoms with van der Waals surface area (Å²) < 4.78 is 4.39. The van der Waals surface area contributed by atoms with Crippen LogP contribution in [0.25, 0.3) is 0 Å². The minimum atomic E-state index is -1.28. The van der Waals surface area contributed by atoms with Crippen molar-refractivity contribution in [1.29, 1.82) is 0 Å². The molecule has 13 heavy (non-hydrogen) atoms. The molecule has 4 nitrogen and oxygen atoms in total. The number of ether oxygens (including phenoxy) is 1. The molecule has 0 aromatic carbocycles. The Morgan fingerprint density at radius 2 is 2.38 bits per heavy atom. The lowest BCUT2D eigenvalue weighted by molar-refractivity contribution is 0.0855. The van der Waals surface area contributed by atoms with E-state index >= 15 is 0 Å². The van der Waals surface area contributed by atoms with Gasteiger partial charge in [0.2, 0.25) is 0 Å². The van der Waals surface area contributed by atoms with Gasteiger partial charge in [-0.25, -0.2) is 4.79 Å². The highest BCUT2D eigenvalue weighted by molar-refractivity contribution is 7.10. The zero-order valence-electron chi connectivity index (χ0n) is 6.94. The van der Waals surface area contributed by atoms with E-state index in [1.165, 1.54) is 11.3 Å². The largest absolute Gasteiger partial charge is 0.506 e. The second-order valence-electron chi connectivity index (χ2n) is 2.28. The summed E-state index contributed by atoms with van der Waals surface area (Å²) in [6.45, 7) is 1.91. The molecule has 1 aromatic heterocycles. The standard InChI is InChI=1S/C7H9NO3S.ClH/c1-4-5(2-11-7(9)10)6(8)3-12-4;/h3H,2,8H2,1H3,(H,9,10);1H. The lowest BCUT2D eigenvalue weighted by Crippen LogP contribution is -2.02. The van der Waals surface area contributed by atoms with Gasteiger partial charge >= 0.3 is 6.16 Å². The molecule has 0 saturated carbocycles. The summed E-state index contributed by atoms with van der Waals surface area (Å²) in [5.74, 6) is 0. The van der Waals surface area contributed by atoms with Gasteiger partial charge in [0.05, 0.1) is 0 Å². The summed E-state index contributed by atoms with van der Waals surface area (Å²) in [7, 11) is 0. The fourth-order valence-electron chi connectivity index (χ4n) is 0.816. The summed E-state index contributed by atoms with van der Waals surface area (Å²) in [4.78, 5) is 11.1. The highest BCUT2D eigenvalue weighted by Gasteiger charge is 2.07. The SMILES string of the molecule is Cc1scc(N)c1COC(=O)O.Cl. The maximum absolute atomic E-state index is 10.1. The highest BCUT2D eigenvalue weighted by Crippen LogP contribution is 2.24. The second kappa shape index (κ2) is 4.94. The van der Waals surface area contributed by atoms with Crippen molar-refractivity contribution in [1.82, 2.24) is 0 Å². The molecule has 0 atom stereocenters. The Labute approximate surface area is 85.7 Å². The second-order valence-corrected chi connectivity index (χ2v) is 3.36. The number of anilines is 1. The van der Waals surface area contributed by atoms with Crippen LogP contribution in [-0.2, 0) is 11.3 Å². The van der Waals surface area contributed by atoms with Crippen molar-refractivity contribution in [3.8, 4) is 0 Å². The van der Waals surface area contributed by atoms with Gasteiger partial charge < -0.3 is 15.6 Å². The number of nitrogen functional groups attached to an aromatic ring is 1. The third kappa shape index (κ3) is 3.12. The molecule has 74 valence electrons. The van der Waals surface area contributed by atoms with Crippen LogP contribution in [0.1, 0.15) is 10.4 Å². The molecule has 1 heterocycles. The van der Waals surface area contributed by atoms with E-state index in [9.17, 15) is 4.79 Å². The van der Waals surface area contributed by atoms with Crippen LogP contribution in [0.4, 0.5) is 10.5 Å². The van der Waals surface area contributed by atoms with Crippen LogP contribution >= 0.6 is 23.7 Å². The van der Waals surface area contributed by atoms with Crippen LogP contribution in [-0.4, -0.2) is 11.3 Å². The highest BCUT2D eigenvalue weighted by atomic mass is 35.5. The molecule has 0 fully saturated rings. The molecular formula is C7H10ClNO3S. The molecule has 0 radical (unpaired) electrons. The van der Waals surface area contributed by atoms with E-state index in [2.05, 4.69) is 4.74 Å². The van der Waals surface area contributed by atoms with Crippen molar-refractivity contribution in [2.75, 3.05) is 5.73 Å². The van der Waals surface area contributed by atoms with E-state index in [0.717, 1.165) is 10.4 Å². The fraction of sp³-hybridized carbons (Fsp3) is 0.286. The predicted molar refractivity (Wildman–Crippen MR) is 53.5 cm³/mol. The summed E-state index contributed by atoms with van der Waals surface area (Å²) in [6.07, 6.45) is -1.28. The molecule has 0 aliphatic heterocycles. The number of rotatable bonds is 2. The number of aryl methyl sites for hydroxylation is 1. The van der Waals surface area contributed by atoms with Gasteiger partial charge in [-0.2, -0.15) is 0 Å². The molecule has 1 aromatic rings. The van der Waals surface area contributed by atoms with Crippen molar-refractivity contribution in [2.24, 2.45) is 0 Å². The maximum Gasteiger partial charge on any atom is 0.506 e. The lowest BCUT2D eigenvalue weighted by atomic mass is 10.2. The van der Waals surface area contributed by atoms with E-state index in [1.54, 1.807) is 5.38 Å². The average molecular weight is 224 g/mol. The third-order valence-corrected chi connectivity index (χ3v) is 2.45. The Balaban J connectivity index is 0.00000144.